The number of nitriles is 1. The number of nitrogens with one attached hydrogen (secondary N) is 1. The quantitative estimate of drug-likeness (QED) is 0.700. The molecule has 3 heteroatoms. The molecule has 0 saturated carbocycles. The lowest BCUT2D eigenvalue weighted by atomic mass is 9.90. The fourth-order valence-electron chi connectivity index (χ4n) is 2.22. The van der Waals surface area contributed by atoms with Crippen LogP contribution in [0.3, 0.4) is 0 Å². The van der Waals surface area contributed by atoms with Crippen LogP contribution in [0.25, 0.3) is 0 Å². The third kappa shape index (κ3) is 4.51. The van der Waals surface area contributed by atoms with Crippen LogP contribution in [0.2, 0.25) is 0 Å². The van der Waals surface area contributed by atoms with Gasteiger partial charge in [-0.15, -0.1) is 0 Å². The Balaban J connectivity index is 2.02. The van der Waals surface area contributed by atoms with Gasteiger partial charge in [-0.25, -0.2) is 0 Å². The second-order valence-corrected chi connectivity index (χ2v) is 5.58. The lowest BCUT2D eigenvalue weighted by molar-refractivity contribution is 0.298. The highest BCUT2D eigenvalue weighted by atomic mass is 15.2. The molecule has 1 fully saturated rings. The maximum atomic E-state index is 8.88. The van der Waals surface area contributed by atoms with E-state index in [2.05, 4.69) is 23.3 Å². The summed E-state index contributed by atoms with van der Waals surface area (Å²) in [5.74, 6) is 0. The Morgan fingerprint density at radius 2 is 2.25 bits per heavy atom. The van der Waals surface area contributed by atoms with Gasteiger partial charge in [0.2, 0.25) is 0 Å². The monoisotopic (exact) mass is 223 g/mol. The van der Waals surface area contributed by atoms with Crippen LogP contribution in [0.1, 0.15) is 39.5 Å². The second kappa shape index (κ2) is 6.22. The molecule has 1 N–H and O–H groups in total. The SMILES string of the molecule is CN1CCCC1CNCCCC(C)(C)C#N. The van der Waals surface area contributed by atoms with Crippen molar-refractivity contribution >= 4 is 0 Å². The van der Waals surface area contributed by atoms with Crippen LogP contribution in [0, 0.1) is 16.7 Å². The summed E-state index contributed by atoms with van der Waals surface area (Å²) < 4.78 is 0. The number of hydrogen-bond acceptors (Lipinski definition) is 3. The molecule has 1 heterocycles. The van der Waals surface area contributed by atoms with Crippen LogP contribution in [0.15, 0.2) is 0 Å². The van der Waals surface area contributed by atoms with Gasteiger partial charge in [0.1, 0.15) is 0 Å². The Labute approximate surface area is 99.8 Å². The van der Waals surface area contributed by atoms with Gasteiger partial charge in [-0.05, 0) is 59.7 Å². The first-order chi connectivity index (χ1) is 7.55. The average Bonchev–Trinajstić information content (AvgIpc) is 2.64. The molecule has 1 atom stereocenters. The molecule has 0 aromatic carbocycles. The highest BCUT2D eigenvalue weighted by Gasteiger charge is 2.20. The van der Waals surface area contributed by atoms with E-state index in [4.69, 9.17) is 5.26 Å². The molecule has 0 aromatic rings. The smallest absolute Gasteiger partial charge is 0.0683 e. The van der Waals surface area contributed by atoms with E-state index >= 15 is 0 Å². The third-order valence-corrected chi connectivity index (χ3v) is 3.51. The molecule has 1 aliphatic heterocycles. The Morgan fingerprint density at radius 1 is 1.50 bits per heavy atom. The Kier molecular flexibility index (Phi) is 5.24. The highest BCUT2D eigenvalue weighted by Crippen LogP contribution is 2.20. The van der Waals surface area contributed by atoms with Crippen molar-refractivity contribution in [2.75, 3.05) is 26.7 Å². The average molecular weight is 223 g/mol. The summed E-state index contributed by atoms with van der Waals surface area (Å²) in [4.78, 5) is 2.44. The number of hydrogen-bond donors (Lipinski definition) is 1. The molecule has 0 bridgehead atoms. The van der Waals surface area contributed by atoms with Crippen LogP contribution in [0.4, 0.5) is 0 Å². The predicted molar refractivity (Wildman–Crippen MR) is 67.1 cm³/mol. The second-order valence-electron chi connectivity index (χ2n) is 5.58. The number of rotatable bonds is 6. The standard InChI is InChI=1S/C13H25N3/c1-13(2,11-14)7-5-8-15-10-12-6-4-9-16(12)3/h12,15H,4-10H2,1-3H3. The molecule has 0 radical (unpaired) electrons. The first-order valence-corrected chi connectivity index (χ1v) is 6.37. The Morgan fingerprint density at radius 3 is 2.81 bits per heavy atom. The minimum absolute atomic E-state index is 0.161. The van der Waals surface area contributed by atoms with Crippen LogP contribution in [0.5, 0.6) is 0 Å². The third-order valence-electron chi connectivity index (χ3n) is 3.51. The molecule has 92 valence electrons. The van der Waals surface area contributed by atoms with Crippen LogP contribution in [-0.4, -0.2) is 37.6 Å². The molecule has 0 aliphatic carbocycles. The van der Waals surface area contributed by atoms with Crippen molar-refractivity contribution in [3.8, 4) is 6.07 Å². The zero-order valence-electron chi connectivity index (χ0n) is 10.9. The fraction of sp³-hybridized carbons (Fsp3) is 0.923. The highest BCUT2D eigenvalue weighted by molar-refractivity contribution is 4.91. The van der Waals surface area contributed by atoms with Crippen LogP contribution in [-0.2, 0) is 0 Å². The van der Waals surface area contributed by atoms with Crippen molar-refractivity contribution in [1.29, 1.82) is 5.26 Å². The first kappa shape index (κ1) is 13.5. The van der Waals surface area contributed by atoms with Gasteiger partial charge in [0, 0.05) is 12.6 Å². The number of likely N-dealkylation sites (tertiary alicyclic amines) is 1. The van der Waals surface area contributed by atoms with Gasteiger partial charge in [0.05, 0.1) is 11.5 Å². The summed E-state index contributed by atoms with van der Waals surface area (Å²) in [6.07, 6.45) is 4.74. The van der Waals surface area contributed by atoms with E-state index in [0.29, 0.717) is 0 Å². The minimum Gasteiger partial charge on any atom is -0.315 e. The van der Waals surface area contributed by atoms with Crippen molar-refractivity contribution in [2.24, 2.45) is 5.41 Å². The molecule has 0 spiro atoms. The molecule has 1 unspecified atom stereocenters. The van der Waals surface area contributed by atoms with Crippen molar-refractivity contribution in [3.63, 3.8) is 0 Å². The van der Waals surface area contributed by atoms with Crippen molar-refractivity contribution < 1.29 is 0 Å². The zero-order chi connectivity index (χ0) is 12.0. The van der Waals surface area contributed by atoms with E-state index in [1.165, 1.54) is 19.4 Å². The van der Waals surface area contributed by atoms with Crippen molar-refractivity contribution in [2.45, 2.75) is 45.6 Å². The summed E-state index contributed by atoms with van der Waals surface area (Å²) in [5, 5.41) is 12.4. The minimum atomic E-state index is -0.161. The lowest BCUT2D eigenvalue weighted by Gasteiger charge is -2.20. The van der Waals surface area contributed by atoms with Gasteiger partial charge in [-0.3, -0.25) is 0 Å². The Bertz CT molecular complexity index is 242. The lowest BCUT2D eigenvalue weighted by Crippen LogP contribution is -2.35. The zero-order valence-corrected chi connectivity index (χ0v) is 10.9. The Hall–Kier alpha value is -0.590. The van der Waals surface area contributed by atoms with Crippen LogP contribution < -0.4 is 5.32 Å². The largest absolute Gasteiger partial charge is 0.315 e. The van der Waals surface area contributed by atoms with Gasteiger partial charge >= 0.3 is 0 Å². The molecule has 1 aliphatic rings. The summed E-state index contributed by atoms with van der Waals surface area (Å²) in [7, 11) is 2.21. The van der Waals surface area contributed by atoms with Crippen LogP contribution >= 0.6 is 0 Å². The van der Waals surface area contributed by atoms with Gasteiger partial charge in [0.15, 0.2) is 0 Å². The van der Waals surface area contributed by atoms with Gasteiger partial charge in [0.25, 0.3) is 0 Å². The van der Waals surface area contributed by atoms with E-state index in [9.17, 15) is 0 Å². The van der Waals surface area contributed by atoms with Gasteiger partial charge in [-0.1, -0.05) is 0 Å². The van der Waals surface area contributed by atoms with E-state index in [1.807, 2.05) is 13.8 Å². The van der Waals surface area contributed by atoms with Gasteiger partial charge < -0.3 is 10.2 Å². The molecule has 0 aromatic heterocycles. The molecular weight excluding hydrogens is 198 g/mol. The number of nitrogens with zero attached hydrogens (tertiary/aromatic N) is 2. The van der Waals surface area contributed by atoms with E-state index in [1.54, 1.807) is 0 Å². The molecule has 0 amide bonds. The van der Waals surface area contributed by atoms with Gasteiger partial charge in [-0.2, -0.15) is 5.26 Å². The number of likely N-dealkylation sites (N-methyl/N-ethyl adjacent to an activating group) is 1. The predicted octanol–water partition coefficient (Wildman–Crippen LogP) is 2.00. The van der Waals surface area contributed by atoms with E-state index in [-0.39, 0.29) is 5.41 Å². The summed E-state index contributed by atoms with van der Waals surface area (Å²) in [6.45, 7) is 7.40. The molecule has 1 saturated heterocycles. The van der Waals surface area contributed by atoms with Crippen molar-refractivity contribution in [1.82, 2.24) is 10.2 Å². The molecule has 16 heavy (non-hydrogen) atoms. The normalized spacial score (nSPS) is 22.2. The topological polar surface area (TPSA) is 39.1 Å². The fourth-order valence-corrected chi connectivity index (χ4v) is 2.22. The molecule has 1 rings (SSSR count). The maximum absolute atomic E-state index is 8.88. The van der Waals surface area contributed by atoms with E-state index < -0.39 is 0 Å². The van der Waals surface area contributed by atoms with Crippen molar-refractivity contribution in [3.05, 3.63) is 0 Å². The van der Waals surface area contributed by atoms with E-state index in [0.717, 1.165) is 32.0 Å². The summed E-state index contributed by atoms with van der Waals surface area (Å²) >= 11 is 0. The summed E-state index contributed by atoms with van der Waals surface area (Å²) in [6, 6.07) is 3.07. The molecular formula is C13H25N3. The first-order valence-electron chi connectivity index (χ1n) is 6.37. The summed E-state index contributed by atoms with van der Waals surface area (Å²) in [5.41, 5.74) is -0.161. The maximum Gasteiger partial charge on any atom is 0.0683 e. The molecule has 3 nitrogen and oxygen atoms in total.